The van der Waals surface area contributed by atoms with E-state index in [1.807, 2.05) is 13.0 Å². The Morgan fingerprint density at radius 3 is 2.73 bits per heavy atom. The highest BCUT2D eigenvalue weighted by Crippen LogP contribution is 2.45. The normalized spacial score (nSPS) is 17.2. The van der Waals surface area contributed by atoms with E-state index in [9.17, 15) is 14.4 Å². The number of carbonyl (C=O) groups is 1. The van der Waals surface area contributed by atoms with Gasteiger partial charge in [0.2, 0.25) is 5.88 Å². The fraction of sp³-hybridized carbons (Fsp3) is 0.357. The van der Waals surface area contributed by atoms with Gasteiger partial charge in [-0.1, -0.05) is 13.3 Å². The van der Waals surface area contributed by atoms with E-state index in [0.717, 1.165) is 24.2 Å². The van der Waals surface area contributed by atoms with Crippen LogP contribution in [0.2, 0.25) is 0 Å². The number of fused-ring (bicyclic) bond motifs is 1. The summed E-state index contributed by atoms with van der Waals surface area (Å²) in [5, 5.41) is 17.1. The summed E-state index contributed by atoms with van der Waals surface area (Å²) in [4.78, 5) is 21.4. The average Bonchev–Trinajstić information content (AvgIpc) is 3.18. The van der Waals surface area contributed by atoms with Crippen molar-refractivity contribution in [3.05, 3.63) is 40.6 Å². The topological polar surface area (TPSA) is 152 Å². The number of benzene rings is 1. The van der Waals surface area contributed by atoms with Crippen molar-refractivity contribution in [2.45, 2.75) is 58.7 Å². The molecular weight excluding hydrogens is 536 g/mol. The number of rotatable bonds is 7. The Hall–Kier alpha value is -4.08. The van der Waals surface area contributed by atoms with Crippen molar-refractivity contribution in [3.63, 3.8) is 0 Å². The van der Waals surface area contributed by atoms with Crippen LogP contribution in [0.15, 0.2) is 12.1 Å². The first kappa shape index (κ1) is 27.5. The fourth-order valence-corrected chi connectivity index (χ4v) is 6.17. The van der Waals surface area contributed by atoms with Crippen LogP contribution in [0.3, 0.4) is 0 Å². The van der Waals surface area contributed by atoms with Crippen molar-refractivity contribution < 1.29 is 18.3 Å². The quantitative estimate of drug-likeness (QED) is 0.245. The van der Waals surface area contributed by atoms with Crippen LogP contribution in [0.1, 0.15) is 55.2 Å². The number of nitriles is 1. The van der Waals surface area contributed by atoms with E-state index in [4.69, 9.17) is 16.2 Å². The van der Waals surface area contributed by atoms with Gasteiger partial charge in [-0.05, 0) is 44.9 Å². The number of halogens is 2. The third-order valence-corrected chi connectivity index (χ3v) is 8.34. The van der Waals surface area contributed by atoms with Crippen LogP contribution in [0, 0.1) is 29.9 Å². The number of nitrogens with one attached hydrogen (secondary N) is 2. The van der Waals surface area contributed by atoms with Crippen molar-refractivity contribution in [3.8, 4) is 23.2 Å². The molecular formula is C28H29F2N7O2S. The molecule has 1 aromatic carbocycles. The van der Waals surface area contributed by atoms with Crippen molar-refractivity contribution in [2.75, 3.05) is 17.6 Å². The molecule has 1 aliphatic heterocycles. The maximum absolute atomic E-state index is 16.6. The smallest absolute Gasteiger partial charge is 0.267 e. The maximum Gasteiger partial charge on any atom is 0.267 e. The molecule has 40 heavy (non-hydrogen) atoms. The number of ether oxygens (including phenoxy) is 1. The zero-order chi connectivity index (χ0) is 28.9. The molecule has 9 nitrogen and oxygen atoms in total. The van der Waals surface area contributed by atoms with E-state index in [1.165, 1.54) is 12.1 Å². The van der Waals surface area contributed by atoms with Crippen LogP contribution in [0.25, 0.3) is 32.1 Å². The van der Waals surface area contributed by atoms with Gasteiger partial charge in [-0.25, -0.2) is 18.7 Å². The number of hydrogen-bond donors (Lipinski definition) is 4. The minimum absolute atomic E-state index is 0.0370. The summed E-state index contributed by atoms with van der Waals surface area (Å²) in [7, 11) is 0. The summed E-state index contributed by atoms with van der Waals surface area (Å²) in [6, 6.07) is 4.50. The summed E-state index contributed by atoms with van der Waals surface area (Å²) >= 11 is 0.907. The number of nitrogen functional groups attached to an aromatic ring is 1. The third kappa shape index (κ3) is 4.45. The Morgan fingerprint density at radius 1 is 1.30 bits per heavy atom. The number of primary amides is 1. The second kappa shape index (κ2) is 10.5. The van der Waals surface area contributed by atoms with Gasteiger partial charge in [-0.2, -0.15) is 5.26 Å². The lowest BCUT2D eigenvalue weighted by Crippen LogP contribution is -2.45. The number of nitrogens with two attached hydrogens (primary N) is 2. The van der Waals surface area contributed by atoms with Crippen molar-refractivity contribution in [1.82, 2.24) is 15.3 Å². The number of aromatic nitrogens is 2. The number of thiophene rings is 1. The highest BCUT2D eigenvalue weighted by Gasteiger charge is 2.33. The fourth-order valence-electron chi connectivity index (χ4n) is 5.22. The number of hydrogen-bond acceptors (Lipinski definition) is 9. The first-order chi connectivity index (χ1) is 19.1. The Kier molecular flexibility index (Phi) is 7.20. The summed E-state index contributed by atoms with van der Waals surface area (Å²) in [5.74, 6) is -1.87. The van der Waals surface area contributed by atoms with Crippen LogP contribution in [0.4, 0.5) is 19.6 Å². The van der Waals surface area contributed by atoms with Gasteiger partial charge < -0.3 is 26.8 Å². The molecule has 0 bridgehead atoms. The van der Waals surface area contributed by atoms with Crippen molar-refractivity contribution in [2.24, 2.45) is 5.73 Å². The predicted molar refractivity (Wildman–Crippen MR) is 153 cm³/mol. The van der Waals surface area contributed by atoms with E-state index in [1.54, 1.807) is 6.92 Å². The molecule has 0 spiro atoms. The Labute approximate surface area is 233 Å². The molecule has 0 aliphatic carbocycles. The van der Waals surface area contributed by atoms with Gasteiger partial charge in [0.15, 0.2) is 5.82 Å². The number of aryl methyl sites for hydroxylation is 1. The van der Waals surface area contributed by atoms with Crippen LogP contribution in [-0.4, -0.2) is 40.6 Å². The molecule has 12 heteroatoms. The molecule has 208 valence electrons. The van der Waals surface area contributed by atoms with Crippen molar-refractivity contribution >= 4 is 48.9 Å². The number of anilines is 2. The highest BCUT2D eigenvalue weighted by atomic mass is 32.1. The maximum atomic E-state index is 16.6. The van der Waals surface area contributed by atoms with Gasteiger partial charge in [-0.3, -0.25) is 4.79 Å². The van der Waals surface area contributed by atoms with Gasteiger partial charge >= 0.3 is 0 Å². The van der Waals surface area contributed by atoms with Gasteiger partial charge in [-0.15, -0.1) is 11.3 Å². The van der Waals surface area contributed by atoms with Gasteiger partial charge in [0.25, 0.3) is 5.91 Å². The Morgan fingerprint density at radius 2 is 2.05 bits per heavy atom. The number of carbonyl (C=O) groups excluding carboxylic acids is 1. The number of nitrogens with zero attached hydrogens (tertiary/aromatic N) is 3. The summed E-state index contributed by atoms with van der Waals surface area (Å²) in [6.45, 7) is 8.11. The molecule has 0 radical (unpaired) electrons. The standard InChI is InChI=1S/C28H29F2N7O2S/c1-5-6-11(2)34-10-17-13(4)39-28-20-18(12(3)22(25(32)38)36-27(20)35-17)21(30)23(37-28)14-7-8-16(29)24-19(14)15(9-31)26(33)40-24/h7-8,11,13,17,34H,5-6,10,33H2,1-4H3,(H2,32,38)(H,35,36)/t11?,13-,17?/m0/s1. The second-order valence-corrected chi connectivity index (χ2v) is 11.1. The van der Waals surface area contributed by atoms with Crippen molar-refractivity contribution in [1.29, 1.82) is 5.26 Å². The minimum Gasteiger partial charge on any atom is -0.472 e. The largest absolute Gasteiger partial charge is 0.472 e. The Balaban J connectivity index is 1.77. The molecule has 4 aromatic rings. The Bertz CT molecular complexity index is 1720. The van der Waals surface area contributed by atoms with Crippen LogP contribution < -0.4 is 26.8 Å². The molecule has 1 aliphatic rings. The van der Waals surface area contributed by atoms with Crippen LogP contribution >= 0.6 is 11.3 Å². The van der Waals surface area contributed by atoms with E-state index >= 15 is 4.39 Å². The summed E-state index contributed by atoms with van der Waals surface area (Å²) in [5.41, 5.74) is 11.8. The van der Waals surface area contributed by atoms with Crippen LogP contribution in [-0.2, 0) is 0 Å². The lowest BCUT2D eigenvalue weighted by Gasteiger charge is -2.25. The predicted octanol–water partition coefficient (Wildman–Crippen LogP) is 4.99. The van der Waals surface area contributed by atoms with E-state index in [0.29, 0.717) is 6.54 Å². The van der Waals surface area contributed by atoms with Gasteiger partial charge in [0.1, 0.15) is 40.2 Å². The first-order valence-corrected chi connectivity index (χ1v) is 13.8. The molecule has 0 saturated carbocycles. The first-order valence-electron chi connectivity index (χ1n) is 13.0. The lowest BCUT2D eigenvalue weighted by atomic mass is 9.98. The van der Waals surface area contributed by atoms with E-state index in [2.05, 4.69) is 34.4 Å². The average molecular weight is 566 g/mol. The highest BCUT2D eigenvalue weighted by molar-refractivity contribution is 7.23. The SMILES string of the molecule is CCCC(C)NCC1Nc2nc(C(N)=O)c(C)c3c(F)c(-c4ccc(F)c5sc(N)c(C#N)c45)nc(c23)O[C@H]1C. The third-order valence-electron chi connectivity index (χ3n) is 7.31. The molecule has 3 aromatic heterocycles. The monoisotopic (exact) mass is 565 g/mol. The van der Waals surface area contributed by atoms with E-state index < -0.39 is 23.6 Å². The van der Waals surface area contributed by atoms with Gasteiger partial charge in [0.05, 0.1) is 21.7 Å². The molecule has 2 unspecified atom stereocenters. The molecule has 0 saturated heterocycles. The second-order valence-electron chi connectivity index (χ2n) is 10.1. The molecule has 1 amide bonds. The molecule has 3 atom stereocenters. The summed E-state index contributed by atoms with van der Waals surface area (Å²) < 4.78 is 37.7. The zero-order valence-electron chi connectivity index (χ0n) is 22.5. The molecule has 5 rings (SSSR count). The van der Waals surface area contributed by atoms with E-state index in [-0.39, 0.29) is 77.7 Å². The number of amides is 1. The molecule has 6 N–H and O–H groups in total. The summed E-state index contributed by atoms with van der Waals surface area (Å²) in [6.07, 6.45) is 1.57. The lowest BCUT2D eigenvalue weighted by molar-refractivity contribution is 0.0995. The van der Waals surface area contributed by atoms with Gasteiger partial charge in [0, 0.05) is 28.9 Å². The zero-order valence-corrected chi connectivity index (χ0v) is 23.3. The molecule has 4 heterocycles. The number of pyridine rings is 2. The van der Waals surface area contributed by atoms with Crippen LogP contribution in [0.5, 0.6) is 5.88 Å². The minimum atomic E-state index is -0.817. The molecule has 0 fully saturated rings.